The van der Waals surface area contributed by atoms with Gasteiger partial charge in [-0.05, 0) is 6.42 Å². The number of rotatable bonds is 9. The Morgan fingerprint density at radius 3 is 2.34 bits per heavy atom. The number of carbonyl (C=O) groups is 2. The summed E-state index contributed by atoms with van der Waals surface area (Å²) in [6.45, 7) is 0.421. The Morgan fingerprint density at radius 2 is 1.69 bits per heavy atom. The molecule has 0 aliphatic heterocycles. The van der Waals surface area contributed by atoms with Crippen molar-refractivity contribution in [3.63, 3.8) is 0 Å². The molecule has 0 spiro atoms. The van der Waals surface area contributed by atoms with E-state index in [4.69, 9.17) is 4.42 Å². The van der Waals surface area contributed by atoms with Gasteiger partial charge in [-0.15, -0.1) is 0 Å². The molecule has 1 amide bonds. The number of ether oxygens (including phenoxy) is 1. The summed E-state index contributed by atoms with van der Waals surface area (Å²) in [7, 11) is 1.35. The topological polar surface area (TPSA) is 81.4 Å². The van der Waals surface area contributed by atoms with Crippen LogP contribution in [0.2, 0.25) is 0 Å². The van der Waals surface area contributed by atoms with Gasteiger partial charge in [-0.3, -0.25) is 9.59 Å². The summed E-state index contributed by atoms with van der Waals surface area (Å²) in [5.41, 5.74) is 2.63. The van der Waals surface area contributed by atoms with Crippen molar-refractivity contribution < 1.29 is 18.7 Å². The van der Waals surface area contributed by atoms with Crippen molar-refractivity contribution in [2.24, 2.45) is 0 Å². The first-order valence-corrected chi connectivity index (χ1v) is 10.2. The maximum Gasteiger partial charge on any atom is 0.305 e. The third-order valence-electron chi connectivity index (χ3n) is 4.12. The lowest BCUT2D eigenvalue weighted by Gasteiger charge is -2.03. The average Bonchev–Trinajstić information content (AvgIpc) is 3.20. The van der Waals surface area contributed by atoms with Crippen LogP contribution in [0.3, 0.4) is 0 Å². The number of oxazole rings is 1. The van der Waals surface area contributed by atoms with Crippen LogP contribution in [0.4, 0.5) is 0 Å². The molecule has 0 bridgehead atoms. The van der Waals surface area contributed by atoms with Crippen LogP contribution in [-0.2, 0) is 14.3 Å². The summed E-state index contributed by atoms with van der Waals surface area (Å²) in [6.07, 6.45) is 0.822. The maximum atomic E-state index is 12.0. The number of nitrogens with zero attached hydrogens (tertiary/aromatic N) is 1. The first kappa shape index (κ1) is 20.7. The highest BCUT2D eigenvalue weighted by Crippen LogP contribution is 2.35. The molecule has 0 unspecified atom stereocenters. The van der Waals surface area contributed by atoms with Crippen molar-refractivity contribution in [2.75, 3.05) is 19.4 Å². The number of amides is 1. The quantitative estimate of drug-likeness (QED) is 0.324. The Bertz CT molecular complexity index is 885. The van der Waals surface area contributed by atoms with Gasteiger partial charge in [-0.1, -0.05) is 72.4 Å². The zero-order chi connectivity index (χ0) is 20.5. The van der Waals surface area contributed by atoms with Crippen LogP contribution < -0.4 is 5.32 Å². The molecule has 6 nitrogen and oxygen atoms in total. The summed E-state index contributed by atoms with van der Waals surface area (Å²) in [4.78, 5) is 27.7. The Morgan fingerprint density at radius 1 is 1.03 bits per heavy atom. The van der Waals surface area contributed by atoms with E-state index in [1.807, 2.05) is 60.7 Å². The van der Waals surface area contributed by atoms with Gasteiger partial charge in [0.1, 0.15) is 5.69 Å². The highest BCUT2D eigenvalue weighted by molar-refractivity contribution is 7.99. The molecular formula is C22H22N2O4S. The minimum absolute atomic E-state index is 0.138. The number of benzene rings is 2. The van der Waals surface area contributed by atoms with Crippen molar-refractivity contribution in [3.05, 3.63) is 60.7 Å². The Labute approximate surface area is 173 Å². The lowest BCUT2D eigenvalue weighted by molar-refractivity contribution is -0.140. The third kappa shape index (κ3) is 5.96. The summed E-state index contributed by atoms with van der Waals surface area (Å²) in [5, 5.41) is 3.22. The molecule has 1 heterocycles. The first-order valence-electron chi connectivity index (χ1n) is 9.25. The van der Waals surface area contributed by atoms with E-state index in [1.165, 1.54) is 18.9 Å². The van der Waals surface area contributed by atoms with E-state index in [0.29, 0.717) is 23.9 Å². The molecule has 0 atom stereocenters. The van der Waals surface area contributed by atoms with Gasteiger partial charge in [-0.2, -0.15) is 0 Å². The van der Waals surface area contributed by atoms with Crippen LogP contribution in [0.15, 0.2) is 70.3 Å². The lowest BCUT2D eigenvalue weighted by Crippen LogP contribution is -2.26. The van der Waals surface area contributed by atoms with E-state index in [9.17, 15) is 9.59 Å². The molecule has 0 radical (unpaired) electrons. The molecule has 1 N–H and O–H groups in total. The third-order valence-corrected chi connectivity index (χ3v) is 4.95. The molecule has 0 aliphatic rings. The number of thioether (sulfide) groups is 1. The van der Waals surface area contributed by atoms with Gasteiger partial charge in [0, 0.05) is 24.1 Å². The molecule has 3 aromatic rings. The van der Waals surface area contributed by atoms with Crippen molar-refractivity contribution in [3.8, 4) is 22.6 Å². The predicted octanol–water partition coefficient (Wildman–Crippen LogP) is 4.17. The molecule has 0 fully saturated rings. The Hall–Kier alpha value is -3.06. The average molecular weight is 410 g/mol. The zero-order valence-electron chi connectivity index (χ0n) is 16.1. The molecule has 29 heavy (non-hydrogen) atoms. The second kappa shape index (κ2) is 10.5. The molecule has 0 saturated carbocycles. The number of nitrogens with one attached hydrogen (secondary N) is 1. The fourth-order valence-electron chi connectivity index (χ4n) is 2.68. The van der Waals surface area contributed by atoms with Crippen LogP contribution in [0.5, 0.6) is 0 Å². The van der Waals surface area contributed by atoms with Gasteiger partial charge in [0.05, 0.1) is 12.9 Å². The van der Waals surface area contributed by atoms with E-state index in [1.54, 1.807) is 0 Å². The highest BCUT2D eigenvalue weighted by Gasteiger charge is 2.17. The van der Waals surface area contributed by atoms with Crippen LogP contribution in [0, 0.1) is 0 Å². The number of aromatic nitrogens is 1. The SMILES string of the molecule is COC(=O)CCCNC(=O)CSc1nc(-c2ccccc2)c(-c2ccccc2)o1. The minimum atomic E-state index is -0.282. The fraction of sp³-hybridized carbons (Fsp3) is 0.227. The number of methoxy groups -OCH3 is 1. The van der Waals surface area contributed by atoms with E-state index in [2.05, 4.69) is 15.0 Å². The Balaban J connectivity index is 1.65. The van der Waals surface area contributed by atoms with E-state index >= 15 is 0 Å². The molecule has 3 rings (SSSR count). The second-order valence-corrected chi connectivity index (χ2v) is 7.13. The molecular weight excluding hydrogens is 388 g/mol. The van der Waals surface area contributed by atoms with Crippen LogP contribution in [-0.4, -0.2) is 36.3 Å². The fourth-order valence-corrected chi connectivity index (χ4v) is 3.33. The monoisotopic (exact) mass is 410 g/mol. The lowest BCUT2D eigenvalue weighted by atomic mass is 10.1. The predicted molar refractivity (Wildman–Crippen MR) is 112 cm³/mol. The van der Waals surface area contributed by atoms with Crippen molar-refractivity contribution >= 4 is 23.6 Å². The van der Waals surface area contributed by atoms with Gasteiger partial charge in [0.25, 0.3) is 5.22 Å². The van der Waals surface area contributed by atoms with E-state index in [0.717, 1.165) is 16.8 Å². The van der Waals surface area contributed by atoms with Gasteiger partial charge in [-0.25, -0.2) is 4.98 Å². The van der Waals surface area contributed by atoms with Crippen molar-refractivity contribution in [1.82, 2.24) is 10.3 Å². The van der Waals surface area contributed by atoms with Crippen molar-refractivity contribution in [1.29, 1.82) is 0 Å². The van der Waals surface area contributed by atoms with Gasteiger partial charge in [0.15, 0.2) is 5.76 Å². The molecule has 2 aromatic carbocycles. The van der Waals surface area contributed by atoms with Gasteiger partial charge < -0.3 is 14.5 Å². The van der Waals surface area contributed by atoms with Crippen LogP contribution >= 0.6 is 11.8 Å². The summed E-state index contributed by atoms with van der Waals surface area (Å²) < 4.78 is 10.6. The Kier molecular flexibility index (Phi) is 7.47. The second-order valence-electron chi connectivity index (χ2n) is 6.21. The zero-order valence-corrected chi connectivity index (χ0v) is 16.9. The van der Waals surface area contributed by atoms with Crippen LogP contribution in [0.1, 0.15) is 12.8 Å². The van der Waals surface area contributed by atoms with Gasteiger partial charge >= 0.3 is 5.97 Å². The van der Waals surface area contributed by atoms with Gasteiger partial charge in [0.2, 0.25) is 5.91 Å². The largest absolute Gasteiger partial charge is 0.469 e. The highest BCUT2D eigenvalue weighted by atomic mass is 32.2. The van der Waals surface area contributed by atoms with E-state index < -0.39 is 0 Å². The standard InChI is InChI=1S/C22H22N2O4S/c1-27-19(26)13-8-14-23-18(25)15-29-22-24-20(16-9-4-2-5-10-16)21(28-22)17-11-6-3-7-12-17/h2-7,9-12H,8,13-15H2,1H3,(H,23,25). The van der Waals surface area contributed by atoms with Crippen LogP contribution in [0.25, 0.3) is 22.6 Å². The van der Waals surface area contributed by atoms with Crippen molar-refractivity contribution in [2.45, 2.75) is 18.1 Å². The number of carbonyl (C=O) groups excluding carboxylic acids is 2. The summed E-state index contributed by atoms with van der Waals surface area (Å²) in [6, 6.07) is 19.6. The number of hydrogen-bond acceptors (Lipinski definition) is 6. The molecule has 7 heteroatoms. The normalized spacial score (nSPS) is 10.5. The molecule has 150 valence electrons. The summed E-state index contributed by atoms with van der Waals surface area (Å²) >= 11 is 1.24. The molecule has 0 aliphatic carbocycles. The maximum absolute atomic E-state index is 12.0. The molecule has 1 aromatic heterocycles. The number of esters is 1. The number of hydrogen-bond donors (Lipinski definition) is 1. The van der Waals surface area contributed by atoms with E-state index in [-0.39, 0.29) is 24.1 Å². The smallest absolute Gasteiger partial charge is 0.305 e. The molecule has 0 saturated heterocycles. The minimum Gasteiger partial charge on any atom is -0.469 e. The summed E-state index contributed by atoms with van der Waals surface area (Å²) in [5.74, 6) is 0.440. The first-order chi connectivity index (χ1) is 14.2.